The van der Waals surface area contributed by atoms with Gasteiger partial charge in [-0.2, -0.15) is 0 Å². The minimum absolute atomic E-state index is 0.0249. The lowest BCUT2D eigenvalue weighted by Gasteiger charge is -2.00. The van der Waals surface area contributed by atoms with Crippen LogP contribution < -0.4 is 5.32 Å². The molecule has 1 aliphatic rings. The van der Waals surface area contributed by atoms with Crippen molar-refractivity contribution in [3.05, 3.63) is 33.3 Å². The molecule has 2 nitrogen and oxygen atoms in total. The van der Waals surface area contributed by atoms with Crippen LogP contribution in [-0.4, -0.2) is 5.91 Å². The van der Waals surface area contributed by atoms with Crippen molar-refractivity contribution >= 4 is 21.8 Å². The number of benzene rings is 1. The van der Waals surface area contributed by atoms with Gasteiger partial charge in [-0.3, -0.25) is 4.79 Å². The van der Waals surface area contributed by atoms with Crippen LogP contribution >= 0.6 is 15.9 Å². The van der Waals surface area contributed by atoms with Crippen molar-refractivity contribution in [2.75, 3.05) is 0 Å². The Morgan fingerprint density at radius 2 is 2.25 bits per heavy atom. The number of hydrogen-bond donors (Lipinski definition) is 1. The third kappa shape index (κ3) is 1.05. The number of fused-ring (bicyclic) bond motifs is 1. The predicted octanol–water partition coefficient (Wildman–Crippen LogP) is 2.00. The van der Waals surface area contributed by atoms with Gasteiger partial charge < -0.3 is 5.32 Å². The SMILES string of the molecule is Cc1cc(Br)c2c(c1)CNC2=O. The van der Waals surface area contributed by atoms with Gasteiger partial charge in [0.25, 0.3) is 5.91 Å². The Bertz CT molecular complexity index is 360. The molecule has 1 heterocycles. The summed E-state index contributed by atoms with van der Waals surface area (Å²) in [6, 6.07) is 4.00. The Hall–Kier alpha value is -0.830. The first-order valence-electron chi connectivity index (χ1n) is 3.75. The Morgan fingerprint density at radius 1 is 1.50 bits per heavy atom. The largest absolute Gasteiger partial charge is 0.348 e. The van der Waals surface area contributed by atoms with Crippen molar-refractivity contribution in [2.45, 2.75) is 13.5 Å². The second-order valence-electron chi connectivity index (χ2n) is 2.96. The number of halogens is 1. The first kappa shape index (κ1) is 7.80. The van der Waals surface area contributed by atoms with Gasteiger partial charge in [-0.15, -0.1) is 0 Å². The maximum absolute atomic E-state index is 11.3. The monoisotopic (exact) mass is 225 g/mol. The topological polar surface area (TPSA) is 29.1 Å². The molecule has 1 N–H and O–H groups in total. The molecule has 0 spiro atoms. The normalized spacial score (nSPS) is 14.3. The minimum atomic E-state index is 0.0249. The fourth-order valence-corrected chi connectivity index (χ4v) is 2.27. The highest BCUT2D eigenvalue weighted by atomic mass is 79.9. The zero-order valence-electron chi connectivity index (χ0n) is 6.65. The molecule has 1 amide bonds. The maximum atomic E-state index is 11.3. The second-order valence-corrected chi connectivity index (χ2v) is 3.82. The summed E-state index contributed by atoms with van der Waals surface area (Å²) in [6.07, 6.45) is 0. The predicted molar refractivity (Wildman–Crippen MR) is 50.0 cm³/mol. The lowest BCUT2D eigenvalue weighted by atomic mass is 10.1. The molecule has 1 aromatic carbocycles. The van der Waals surface area contributed by atoms with Crippen molar-refractivity contribution < 1.29 is 4.79 Å². The highest BCUT2D eigenvalue weighted by molar-refractivity contribution is 9.10. The number of aryl methyl sites for hydroxylation is 1. The van der Waals surface area contributed by atoms with Gasteiger partial charge in [0.1, 0.15) is 0 Å². The number of amides is 1. The standard InChI is InChI=1S/C9H8BrNO/c1-5-2-6-4-11-9(12)8(6)7(10)3-5/h2-3H,4H2,1H3,(H,11,12). The maximum Gasteiger partial charge on any atom is 0.253 e. The number of carbonyl (C=O) groups excluding carboxylic acids is 1. The van der Waals surface area contributed by atoms with Crippen LogP contribution in [0.1, 0.15) is 21.5 Å². The summed E-state index contributed by atoms with van der Waals surface area (Å²) in [4.78, 5) is 11.3. The smallest absolute Gasteiger partial charge is 0.253 e. The van der Waals surface area contributed by atoms with E-state index in [9.17, 15) is 4.79 Å². The van der Waals surface area contributed by atoms with E-state index in [1.807, 2.05) is 19.1 Å². The van der Waals surface area contributed by atoms with Crippen LogP contribution in [0, 0.1) is 6.92 Å². The van der Waals surface area contributed by atoms with E-state index in [1.54, 1.807) is 0 Å². The fourth-order valence-electron chi connectivity index (χ4n) is 1.47. The first-order valence-corrected chi connectivity index (χ1v) is 4.55. The van der Waals surface area contributed by atoms with E-state index in [0.29, 0.717) is 6.54 Å². The molecule has 62 valence electrons. The van der Waals surface area contributed by atoms with Crippen molar-refractivity contribution in [3.63, 3.8) is 0 Å². The average molecular weight is 226 g/mol. The highest BCUT2D eigenvalue weighted by Crippen LogP contribution is 2.26. The average Bonchev–Trinajstić information content (AvgIpc) is 2.31. The number of rotatable bonds is 0. The molecular weight excluding hydrogens is 218 g/mol. The summed E-state index contributed by atoms with van der Waals surface area (Å²) in [5.74, 6) is 0.0249. The lowest BCUT2D eigenvalue weighted by molar-refractivity contribution is 0.0965. The van der Waals surface area contributed by atoms with Crippen LogP contribution in [-0.2, 0) is 6.54 Å². The van der Waals surface area contributed by atoms with Crippen LogP contribution in [0.5, 0.6) is 0 Å². The van der Waals surface area contributed by atoms with Crippen molar-refractivity contribution in [3.8, 4) is 0 Å². The molecule has 0 bridgehead atoms. The molecule has 0 aromatic heterocycles. The minimum Gasteiger partial charge on any atom is -0.348 e. The van der Waals surface area contributed by atoms with E-state index in [2.05, 4.69) is 21.2 Å². The molecule has 0 radical (unpaired) electrons. The Labute approximate surface area is 79.1 Å². The van der Waals surface area contributed by atoms with Crippen LogP contribution in [0.4, 0.5) is 0 Å². The molecule has 0 unspecified atom stereocenters. The summed E-state index contributed by atoms with van der Waals surface area (Å²) >= 11 is 3.38. The van der Waals surface area contributed by atoms with Gasteiger partial charge in [0.2, 0.25) is 0 Å². The van der Waals surface area contributed by atoms with Crippen molar-refractivity contribution in [1.82, 2.24) is 5.32 Å². The van der Waals surface area contributed by atoms with Crippen LogP contribution in [0.3, 0.4) is 0 Å². The van der Waals surface area contributed by atoms with Crippen molar-refractivity contribution in [2.24, 2.45) is 0 Å². The molecule has 1 aliphatic heterocycles. The van der Waals surface area contributed by atoms with E-state index in [4.69, 9.17) is 0 Å². The molecule has 1 aromatic rings. The summed E-state index contributed by atoms with van der Waals surface area (Å²) < 4.78 is 0.896. The van der Waals surface area contributed by atoms with E-state index >= 15 is 0 Å². The quantitative estimate of drug-likeness (QED) is 0.720. The third-order valence-corrected chi connectivity index (χ3v) is 2.61. The van der Waals surface area contributed by atoms with Gasteiger partial charge in [-0.05, 0) is 40.0 Å². The number of carbonyl (C=O) groups is 1. The zero-order valence-corrected chi connectivity index (χ0v) is 8.23. The Morgan fingerprint density at radius 3 is 3.00 bits per heavy atom. The molecule has 0 fully saturated rings. The number of nitrogens with one attached hydrogen (secondary N) is 1. The second kappa shape index (κ2) is 2.59. The van der Waals surface area contributed by atoms with Crippen molar-refractivity contribution in [1.29, 1.82) is 0 Å². The summed E-state index contributed by atoms with van der Waals surface area (Å²) in [5, 5.41) is 2.78. The Balaban J connectivity index is 2.68. The van der Waals surface area contributed by atoms with Crippen LogP contribution in [0.15, 0.2) is 16.6 Å². The van der Waals surface area contributed by atoms with Gasteiger partial charge in [-0.25, -0.2) is 0 Å². The fraction of sp³-hybridized carbons (Fsp3) is 0.222. The van der Waals surface area contributed by atoms with E-state index in [0.717, 1.165) is 15.6 Å². The molecule has 0 atom stereocenters. The van der Waals surface area contributed by atoms with Gasteiger partial charge in [0.05, 0.1) is 5.56 Å². The molecular formula is C9H8BrNO. The van der Waals surface area contributed by atoms with Gasteiger partial charge >= 0.3 is 0 Å². The Kier molecular flexibility index (Phi) is 1.68. The van der Waals surface area contributed by atoms with Gasteiger partial charge in [-0.1, -0.05) is 6.07 Å². The first-order chi connectivity index (χ1) is 5.68. The molecule has 2 rings (SSSR count). The molecule has 0 aliphatic carbocycles. The lowest BCUT2D eigenvalue weighted by Crippen LogP contribution is -2.12. The van der Waals surface area contributed by atoms with E-state index < -0.39 is 0 Å². The third-order valence-electron chi connectivity index (χ3n) is 1.98. The van der Waals surface area contributed by atoms with E-state index in [1.165, 1.54) is 5.56 Å². The van der Waals surface area contributed by atoms with E-state index in [-0.39, 0.29) is 5.91 Å². The van der Waals surface area contributed by atoms with Crippen LogP contribution in [0.2, 0.25) is 0 Å². The van der Waals surface area contributed by atoms with Crippen LogP contribution in [0.25, 0.3) is 0 Å². The molecule has 0 saturated heterocycles. The molecule has 12 heavy (non-hydrogen) atoms. The number of hydrogen-bond acceptors (Lipinski definition) is 1. The zero-order chi connectivity index (χ0) is 8.72. The van der Waals surface area contributed by atoms with Gasteiger partial charge in [0, 0.05) is 11.0 Å². The highest BCUT2D eigenvalue weighted by Gasteiger charge is 2.21. The summed E-state index contributed by atoms with van der Waals surface area (Å²) in [7, 11) is 0. The molecule has 3 heteroatoms. The molecule has 0 saturated carbocycles. The summed E-state index contributed by atoms with van der Waals surface area (Å²) in [6.45, 7) is 2.68. The van der Waals surface area contributed by atoms with Gasteiger partial charge in [0.15, 0.2) is 0 Å². The summed E-state index contributed by atoms with van der Waals surface area (Å²) in [5.41, 5.74) is 3.06.